The third kappa shape index (κ3) is 3.91. The number of fused-ring (bicyclic) bond motifs is 2. The Bertz CT molecular complexity index is 1110. The van der Waals surface area contributed by atoms with Crippen LogP contribution in [0.1, 0.15) is 36.4 Å². The summed E-state index contributed by atoms with van der Waals surface area (Å²) in [6, 6.07) is 16.7. The predicted octanol–water partition coefficient (Wildman–Crippen LogP) is 7.50. The van der Waals surface area contributed by atoms with E-state index >= 15 is 0 Å². The first-order valence-corrected chi connectivity index (χ1v) is 24.4. The van der Waals surface area contributed by atoms with E-state index in [2.05, 4.69) is 84.0 Å². The van der Waals surface area contributed by atoms with Crippen LogP contribution in [-0.4, -0.2) is 18.8 Å². The fraction of sp³-hybridized carbons (Fsp3) is 0.292. The average molecular weight is 539 g/mol. The Morgan fingerprint density at radius 1 is 0.967 bits per heavy atom. The molecule has 4 rings (SSSR count). The van der Waals surface area contributed by atoms with Crippen molar-refractivity contribution in [1.29, 1.82) is 0 Å². The van der Waals surface area contributed by atoms with Crippen LogP contribution in [-0.2, 0) is 25.1 Å². The molecule has 0 N–H and O–H groups in total. The number of hydrogen-bond acceptors (Lipinski definition) is 2. The molecule has 0 radical (unpaired) electrons. The number of rotatable bonds is 6. The van der Waals surface area contributed by atoms with Crippen LogP contribution in [0.25, 0.3) is 11.8 Å². The van der Waals surface area contributed by atoms with E-state index in [9.17, 15) is 0 Å². The summed E-state index contributed by atoms with van der Waals surface area (Å²) in [7, 11) is 13.7. The number of hydrogen-bond donors (Lipinski definition) is 0. The summed E-state index contributed by atoms with van der Waals surface area (Å²) in [6.07, 6.45) is 6.52. The Balaban J connectivity index is 1.77. The zero-order valence-electron chi connectivity index (χ0n) is 17.9. The SMILES string of the molecule is C[CH]=[Zr]([Cl])([Cl])([CH]1C=Cc2ccccc21)[CH]1C=C(OCO[Si](C)(C)C)c2ccccc21. The molecule has 2 aliphatic rings. The Morgan fingerprint density at radius 3 is 2.33 bits per heavy atom. The summed E-state index contributed by atoms with van der Waals surface area (Å²) in [5.74, 6) is 0.827. The van der Waals surface area contributed by atoms with Gasteiger partial charge in [-0.15, -0.1) is 0 Å². The van der Waals surface area contributed by atoms with Crippen molar-refractivity contribution >= 4 is 40.9 Å². The van der Waals surface area contributed by atoms with Crippen LogP contribution < -0.4 is 0 Å². The van der Waals surface area contributed by atoms with Crippen molar-refractivity contribution in [3.05, 3.63) is 82.9 Å². The molecule has 2 aromatic rings. The topological polar surface area (TPSA) is 18.5 Å². The Labute approximate surface area is 188 Å². The van der Waals surface area contributed by atoms with Crippen molar-refractivity contribution in [1.82, 2.24) is 0 Å². The number of halogens is 2. The standard InChI is InChI=1S/C13H17O2Si.C9H7.C2H4.2ClH.Zr/c1-16(2,3)15-10-14-13-9-8-11-6-4-5-7-12(11)13;1-2-5-9-7-3-6-8(9)4-1;1-2;;;/h4-9H,10H2,1-3H3;1-7H;1H,2H3;2*1H;/q;;;;;+2/p-2. The van der Waals surface area contributed by atoms with Gasteiger partial charge in [-0.2, -0.15) is 0 Å². The molecule has 30 heavy (non-hydrogen) atoms. The van der Waals surface area contributed by atoms with E-state index in [0.29, 0.717) is 0 Å². The number of allylic oxidation sites excluding steroid dienone is 2. The van der Waals surface area contributed by atoms with Crippen molar-refractivity contribution in [2.45, 2.75) is 33.8 Å². The summed E-state index contributed by atoms with van der Waals surface area (Å²) in [4.78, 5) is 0. The second-order valence-electron chi connectivity index (χ2n) is 9.10. The molecule has 0 spiro atoms. The molecular formula is C24H28Cl2O2SiZr. The molecule has 0 heterocycles. The molecule has 2 atom stereocenters. The first kappa shape index (κ1) is 22.4. The molecule has 0 saturated carbocycles. The summed E-state index contributed by atoms with van der Waals surface area (Å²) in [5, 5.41) is 0. The summed E-state index contributed by atoms with van der Waals surface area (Å²) in [5.41, 5.74) is 4.67. The van der Waals surface area contributed by atoms with E-state index in [1.807, 2.05) is 13.0 Å². The number of ether oxygens (including phenoxy) is 1. The van der Waals surface area contributed by atoms with Gasteiger partial charge in [0, 0.05) is 0 Å². The van der Waals surface area contributed by atoms with Gasteiger partial charge < -0.3 is 0 Å². The first-order valence-electron chi connectivity index (χ1n) is 10.4. The van der Waals surface area contributed by atoms with Crippen LogP contribution in [0.2, 0.25) is 19.6 Å². The van der Waals surface area contributed by atoms with Crippen LogP contribution >= 0.6 is 17.0 Å². The molecule has 2 nitrogen and oxygen atoms in total. The van der Waals surface area contributed by atoms with Gasteiger partial charge in [0.2, 0.25) is 0 Å². The summed E-state index contributed by atoms with van der Waals surface area (Å²) in [6.45, 7) is 8.74. The third-order valence-electron chi connectivity index (χ3n) is 6.13. The third-order valence-corrected chi connectivity index (χ3v) is 26.2. The van der Waals surface area contributed by atoms with Crippen LogP contribution in [0.5, 0.6) is 0 Å². The monoisotopic (exact) mass is 536 g/mol. The molecule has 0 aliphatic heterocycles. The van der Waals surface area contributed by atoms with E-state index in [-0.39, 0.29) is 14.0 Å². The van der Waals surface area contributed by atoms with Gasteiger partial charge in [0.1, 0.15) is 0 Å². The molecule has 0 bridgehead atoms. The van der Waals surface area contributed by atoms with Crippen LogP contribution in [0, 0.1) is 0 Å². The van der Waals surface area contributed by atoms with E-state index in [1.165, 1.54) is 11.1 Å². The van der Waals surface area contributed by atoms with E-state index in [0.717, 1.165) is 16.9 Å². The van der Waals surface area contributed by atoms with Crippen molar-refractivity contribution in [3.63, 3.8) is 0 Å². The normalized spacial score (nSPS) is 20.6. The molecule has 2 aliphatic carbocycles. The maximum atomic E-state index is 7.66. The van der Waals surface area contributed by atoms with E-state index < -0.39 is 24.2 Å². The summed E-state index contributed by atoms with van der Waals surface area (Å²) < 4.78 is 14.2. The fourth-order valence-electron chi connectivity index (χ4n) is 4.46. The minimum absolute atomic E-state index is 0.0304. The van der Waals surface area contributed by atoms with Crippen LogP contribution in [0.3, 0.4) is 0 Å². The molecular weight excluding hydrogens is 510 g/mol. The number of benzene rings is 2. The van der Waals surface area contributed by atoms with Gasteiger partial charge in [-0.25, -0.2) is 0 Å². The Kier molecular flexibility index (Phi) is 5.96. The fourth-order valence-corrected chi connectivity index (χ4v) is 18.5. The Hall–Kier alpha value is -0.770. The molecule has 0 fully saturated rings. The van der Waals surface area contributed by atoms with Crippen molar-refractivity contribution in [3.8, 4) is 0 Å². The van der Waals surface area contributed by atoms with Gasteiger partial charge in [0.25, 0.3) is 0 Å². The van der Waals surface area contributed by atoms with Crippen molar-refractivity contribution in [2.24, 2.45) is 0 Å². The second kappa shape index (κ2) is 7.98. The van der Waals surface area contributed by atoms with Gasteiger partial charge in [-0.1, -0.05) is 0 Å². The molecule has 0 aromatic heterocycles. The van der Waals surface area contributed by atoms with Gasteiger partial charge in [0.05, 0.1) is 0 Å². The molecule has 6 heteroatoms. The van der Waals surface area contributed by atoms with Gasteiger partial charge >= 0.3 is 190 Å². The molecule has 0 amide bonds. The summed E-state index contributed by atoms with van der Waals surface area (Å²) >= 11 is -4.56. The van der Waals surface area contributed by atoms with Crippen molar-refractivity contribution in [2.75, 3.05) is 6.79 Å². The molecule has 158 valence electrons. The second-order valence-corrected chi connectivity index (χ2v) is 35.2. The maximum absolute atomic E-state index is 7.66. The molecule has 2 aromatic carbocycles. The van der Waals surface area contributed by atoms with E-state index in [4.69, 9.17) is 26.2 Å². The quantitative estimate of drug-likeness (QED) is 0.280. The molecule has 2 unspecified atom stereocenters. The first-order chi connectivity index (χ1) is 14.1. The zero-order valence-corrected chi connectivity index (χ0v) is 22.8. The van der Waals surface area contributed by atoms with Crippen LogP contribution in [0.4, 0.5) is 0 Å². The average Bonchev–Trinajstić information content (AvgIpc) is 3.31. The molecule has 0 saturated heterocycles. The van der Waals surface area contributed by atoms with Gasteiger partial charge in [0.15, 0.2) is 0 Å². The van der Waals surface area contributed by atoms with Gasteiger partial charge in [-0.3, -0.25) is 0 Å². The van der Waals surface area contributed by atoms with Crippen LogP contribution in [0.15, 0.2) is 60.7 Å². The van der Waals surface area contributed by atoms with Gasteiger partial charge in [-0.05, 0) is 0 Å². The predicted molar refractivity (Wildman–Crippen MR) is 129 cm³/mol. The van der Waals surface area contributed by atoms with E-state index in [1.54, 1.807) is 0 Å². The Morgan fingerprint density at radius 2 is 1.63 bits per heavy atom. The minimum atomic E-state index is -4.56. The zero-order chi connectivity index (χ0) is 21.6. The van der Waals surface area contributed by atoms with Crippen molar-refractivity contribution < 1.29 is 25.1 Å².